The largest absolute Gasteiger partial charge is 0.347 e. The number of hydrogen-bond donors (Lipinski definition) is 1. The van der Waals surface area contributed by atoms with Gasteiger partial charge in [-0.3, -0.25) is 9.78 Å². The third-order valence-electron chi connectivity index (χ3n) is 2.71. The number of rotatable bonds is 5. The molecular formula is C16H16N2OS. The fraction of sp³-hybridized carbons (Fsp3) is 0.125. The van der Waals surface area contributed by atoms with Crippen LogP contribution in [0.1, 0.15) is 11.3 Å². The number of carbonyl (C=O) groups is 1. The van der Waals surface area contributed by atoms with Gasteiger partial charge in [0, 0.05) is 17.2 Å². The quantitative estimate of drug-likeness (QED) is 0.677. The second-order valence-corrected chi connectivity index (χ2v) is 5.03. The Morgan fingerprint density at radius 2 is 2.05 bits per heavy atom. The Morgan fingerprint density at radius 1 is 1.25 bits per heavy atom. The first-order valence-corrected chi connectivity index (χ1v) is 7.50. The molecule has 1 aromatic heterocycles. The molecule has 0 aliphatic carbocycles. The van der Waals surface area contributed by atoms with Crippen LogP contribution in [0.4, 0.5) is 0 Å². The summed E-state index contributed by atoms with van der Waals surface area (Å²) in [5.74, 6) is -0.121. The predicted molar refractivity (Wildman–Crippen MR) is 83.3 cm³/mol. The monoisotopic (exact) mass is 284 g/mol. The number of nitrogens with zero attached hydrogens (tertiary/aromatic N) is 1. The molecule has 0 saturated heterocycles. The molecule has 1 aromatic carbocycles. The van der Waals surface area contributed by atoms with E-state index in [0.29, 0.717) is 6.54 Å². The number of benzene rings is 1. The maximum Gasteiger partial charge on any atom is 0.244 e. The Hall–Kier alpha value is -2.07. The summed E-state index contributed by atoms with van der Waals surface area (Å²) in [7, 11) is 0. The highest BCUT2D eigenvalue weighted by atomic mass is 32.2. The van der Waals surface area contributed by atoms with E-state index in [2.05, 4.69) is 10.3 Å². The van der Waals surface area contributed by atoms with E-state index in [9.17, 15) is 4.79 Å². The molecule has 0 saturated carbocycles. The number of thioether (sulfide) groups is 1. The molecule has 1 heterocycles. The highest BCUT2D eigenvalue weighted by molar-refractivity contribution is 7.98. The molecule has 1 amide bonds. The van der Waals surface area contributed by atoms with Gasteiger partial charge in [-0.1, -0.05) is 18.2 Å². The van der Waals surface area contributed by atoms with Gasteiger partial charge >= 0.3 is 0 Å². The molecule has 2 rings (SSSR count). The van der Waals surface area contributed by atoms with Crippen molar-refractivity contribution >= 4 is 23.7 Å². The molecular weight excluding hydrogens is 268 g/mol. The first-order valence-electron chi connectivity index (χ1n) is 6.28. The molecule has 2 aromatic rings. The summed E-state index contributed by atoms with van der Waals surface area (Å²) >= 11 is 1.70. The maximum absolute atomic E-state index is 11.7. The highest BCUT2D eigenvalue weighted by Crippen LogP contribution is 2.15. The van der Waals surface area contributed by atoms with Gasteiger partial charge in [-0.05, 0) is 42.2 Å². The third-order valence-corrected chi connectivity index (χ3v) is 3.46. The van der Waals surface area contributed by atoms with Crippen molar-refractivity contribution in [1.82, 2.24) is 10.3 Å². The summed E-state index contributed by atoms with van der Waals surface area (Å²) in [4.78, 5) is 17.0. The number of carbonyl (C=O) groups excluding carboxylic acids is 1. The molecule has 0 fully saturated rings. The second kappa shape index (κ2) is 7.50. The van der Waals surface area contributed by atoms with Crippen LogP contribution in [-0.2, 0) is 11.3 Å². The summed E-state index contributed by atoms with van der Waals surface area (Å²) in [6.45, 7) is 0.440. The van der Waals surface area contributed by atoms with Crippen LogP contribution in [0, 0.1) is 0 Å². The van der Waals surface area contributed by atoms with Crippen molar-refractivity contribution in [3.8, 4) is 0 Å². The number of nitrogens with one attached hydrogen (secondary N) is 1. The van der Waals surface area contributed by atoms with E-state index in [0.717, 1.165) is 11.3 Å². The van der Waals surface area contributed by atoms with E-state index < -0.39 is 0 Å². The van der Waals surface area contributed by atoms with Gasteiger partial charge in [0.15, 0.2) is 0 Å². The van der Waals surface area contributed by atoms with Gasteiger partial charge in [-0.2, -0.15) is 0 Å². The topological polar surface area (TPSA) is 42.0 Å². The normalized spacial score (nSPS) is 10.7. The summed E-state index contributed by atoms with van der Waals surface area (Å²) in [6.07, 6.45) is 7.09. The minimum atomic E-state index is -0.121. The lowest BCUT2D eigenvalue weighted by molar-refractivity contribution is -0.116. The van der Waals surface area contributed by atoms with Gasteiger partial charge in [0.05, 0.1) is 12.2 Å². The van der Waals surface area contributed by atoms with Gasteiger partial charge in [-0.15, -0.1) is 11.8 Å². The lowest BCUT2D eigenvalue weighted by Gasteiger charge is -2.01. The van der Waals surface area contributed by atoms with Crippen molar-refractivity contribution in [2.24, 2.45) is 0 Å². The van der Waals surface area contributed by atoms with Crippen LogP contribution < -0.4 is 5.32 Å². The summed E-state index contributed by atoms with van der Waals surface area (Å²) in [5, 5.41) is 2.80. The zero-order valence-electron chi connectivity index (χ0n) is 11.2. The average molecular weight is 284 g/mol. The van der Waals surface area contributed by atoms with E-state index in [-0.39, 0.29) is 5.91 Å². The van der Waals surface area contributed by atoms with Gasteiger partial charge in [0.2, 0.25) is 5.91 Å². The van der Waals surface area contributed by atoms with Crippen LogP contribution in [0.3, 0.4) is 0 Å². The SMILES string of the molecule is CSc1ccc(/C=C/C(=O)NCc2ccccn2)cc1. The molecule has 4 heteroatoms. The average Bonchev–Trinajstić information content (AvgIpc) is 2.52. The standard InChI is InChI=1S/C16H16N2OS/c1-20-15-8-5-13(6-9-15)7-10-16(19)18-12-14-4-2-3-11-17-14/h2-11H,12H2,1H3,(H,18,19)/b10-7+. The number of pyridine rings is 1. The van der Waals surface area contributed by atoms with Crippen LogP contribution in [0.5, 0.6) is 0 Å². The lowest BCUT2D eigenvalue weighted by atomic mass is 10.2. The Labute approximate surface area is 123 Å². The van der Waals surface area contributed by atoms with Crippen LogP contribution in [0.25, 0.3) is 6.08 Å². The van der Waals surface area contributed by atoms with Crippen molar-refractivity contribution in [3.05, 3.63) is 66.0 Å². The maximum atomic E-state index is 11.7. The first kappa shape index (κ1) is 14.3. The zero-order valence-corrected chi connectivity index (χ0v) is 12.1. The molecule has 0 aliphatic rings. The number of hydrogen-bond acceptors (Lipinski definition) is 3. The van der Waals surface area contributed by atoms with Gasteiger partial charge in [-0.25, -0.2) is 0 Å². The van der Waals surface area contributed by atoms with Crippen molar-refractivity contribution in [3.63, 3.8) is 0 Å². The van der Waals surface area contributed by atoms with E-state index in [4.69, 9.17) is 0 Å². The summed E-state index contributed by atoms with van der Waals surface area (Å²) in [6, 6.07) is 13.7. The molecule has 0 radical (unpaired) electrons. The van der Waals surface area contributed by atoms with Gasteiger partial charge in [0.1, 0.15) is 0 Å². The molecule has 20 heavy (non-hydrogen) atoms. The van der Waals surface area contributed by atoms with Gasteiger partial charge in [0.25, 0.3) is 0 Å². The molecule has 0 atom stereocenters. The first-order chi connectivity index (χ1) is 9.78. The molecule has 102 valence electrons. The minimum absolute atomic E-state index is 0.121. The van der Waals surface area contributed by atoms with Crippen molar-refractivity contribution in [2.45, 2.75) is 11.4 Å². The summed E-state index contributed by atoms with van der Waals surface area (Å²) in [5.41, 5.74) is 1.86. The van der Waals surface area contributed by atoms with Crippen LogP contribution in [0.15, 0.2) is 59.6 Å². The Balaban J connectivity index is 1.85. The van der Waals surface area contributed by atoms with E-state index in [1.54, 1.807) is 24.0 Å². The predicted octanol–water partition coefficient (Wildman–Crippen LogP) is 3.13. The molecule has 0 bridgehead atoms. The van der Waals surface area contributed by atoms with Crippen molar-refractivity contribution in [2.75, 3.05) is 6.26 Å². The molecule has 3 nitrogen and oxygen atoms in total. The highest BCUT2D eigenvalue weighted by Gasteiger charge is 1.97. The minimum Gasteiger partial charge on any atom is -0.347 e. The number of amides is 1. The van der Waals surface area contributed by atoms with E-state index in [1.165, 1.54) is 11.0 Å². The Kier molecular flexibility index (Phi) is 5.38. The number of aromatic nitrogens is 1. The lowest BCUT2D eigenvalue weighted by Crippen LogP contribution is -2.20. The van der Waals surface area contributed by atoms with Crippen molar-refractivity contribution < 1.29 is 4.79 Å². The van der Waals surface area contributed by atoms with Crippen LogP contribution in [0.2, 0.25) is 0 Å². The molecule has 0 spiro atoms. The van der Waals surface area contributed by atoms with Crippen molar-refractivity contribution in [1.29, 1.82) is 0 Å². The fourth-order valence-electron chi connectivity index (χ4n) is 1.63. The third kappa shape index (κ3) is 4.55. The van der Waals surface area contributed by atoms with E-state index in [1.807, 2.05) is 48.7 Å². The smallest absolute Gasteiger partial charge is 0.244 e. The van der Waals surface area contributed by atoms with Crippen LogP contribution in [-0.4, -0.2) is 17.1 Å². The summed E-state index contributed by atoms with van der Waals surface area (Å²) < 4.78 is 0. The zero-order chi connectivity index (χ0) is 14.2. The van der Waals surface area contributed by atoms with Crippen LogP contribution >= 0.6 is 11.8 Å². The van der Waals surface area contributed by atoms with E-state index >= 15 is 0 Å². The Morgan fingerprint density at radius 3 is 2.70 bits per heavy atom. The Bertz CT molecular complexity index is 579. The molecule has 0 aliphatic heterocycles. The second-order valence-electron chi connectivity index (χ2n) is 4.15. The molecule has 1 N–H and O–H groups in total. The molecule has 0 unspecified atom stereocenters. The van der Waals surface area contributed by atoms with Gasteiger partial charge < -0.3 is 5.32 Å². The fourth-order valence-corrected chi connectivity index (χ4v) is 2.03.